The Balaban J connectivity index is 3.35. The first-order valence-corrected chi connectivity index (χ1v) is 7.33. The maximum atomic E-state index is 12.0. The smallest absolute Gasteiger partial charge is 0.269 e. The topological polar surface area (TPSA) is 124 Å². The number of carbonyl (C=O) groups excluding carboxylic acids is 1. The molecular formula is C11H15N3O5S. The van der Waals surface area contributed by atoms with Gasteiger partial charge in [-0.1, -0.05) is 0 Å². The maximum Gasteiger partial charge on any atom is 0.269 e. The number of nitro groups is 1. The van der Waals surface area contributed by atoms with Crippen LogP contribution in [0.1, 0.15) is 12.5 Å². The van der Waals surface area contributed by atoms with E-state index in [0.717, 1.165) is 4.31 Å². The molecule has 0 aliphatic rings. The predicted molar refractivity (Wildman–Crippen MR) is 73.8 cm³/mol. The first-order chi connectivity index (χ1) is 9.19. The van der Waals surface area contributed by atoms with E-state index in [1.165, 1.54) is 32.0 Å². The van der Waals surface area contributed by atoms with Gasteiger partial charge in [-0.25, -0.2) is 8.42 Å². The number of hydrogen-bond acceptors (Lipinski definition) is 5. The lowest BCUT2D eigenvalue weighted by atomic mass is 10.2. The Morgan fingerprint density at radius 1 is 1.45 bits per heavy atom. The molecule has 0 bridgehead atoms. The molecule has 0 aliphatic heterocycles. The van der Waals surface area contributed by atoms with Gasteiger partial charge in [0.2, 0.25) is 15.9 Å². The highest BCUT2D eigenvalue weighted by atomic mass is 32.2. The van der Waals surface area contributed by atoms with Gasteiger partial charge in [0.15, 0.2) is 0 Å². The number of nitrogens with zero attached hydrogens (tertiary/aromatic N) is 2. The van der Waals surface area contributed by atoms with Crippen molar-refractivity contribution in [2.75, 3.05) is 16.6 Å². The summed E-state index contributed by atoms with van der Waals surface area (Å²) in [5.74, 6) is -1.02. The number of primary amides is 1. The van der Waals surface area contributed by atoms with Crippen LogP contribution < -0.4 is 10.0 Å². The minimum atomic E-state index is -3.70. The van der Waals surface area contributed by atoms with Crippen LogP contribution in [-0.4, -0.2) is 31.5 Å². The number of carbonyl (C=O) groups is 1. The molecule has 0 radical (unpaired) electrons. The number of benzene rings is 1. The van der Waals surface area contributed by atoms with Crippen LogP contribution in [0, 0.1) is 17.0 Å². The van der Waals surface area contributed by atoms with Gasteiger partial charge in [-0.3, -0.25) is 19.2 Å². The van der Waals surface area contributed by atoms with Gasteiger partial charge in [0.25, 0.3) is 5.69 Å². The number of anilines is 1. The zero-order chi connectivity index (χ0) is 15.5. The summed E-state index contributed by atoms with van der Waals surface area (Å²) in [4.78, 5) is 21.1. The number of nitro benzene ring substituents is 1. The highest BCUT2D eigenvalue weighted by Gasteiger charge is 2.24. The Hall–Kier alpha value is -2.16. The summed E-state index contributed by atoms with van der Waals surface area (Å²) < 4.78 is 24.9. The van der Waals surface area contributed by atoms with Crippen molar-refractivity contribution >= 4 is 27.3 Å². The van der Waals surface area contributed by atoms with Crippen molar-refractivity contribution in [3.05, 3.63) is 33.9 Å². The minimum Gasteiger partial charge on any atom is -0.368 e. The van der Waals surface area contributed by atoms with Crippen molar-refractivity contribution < 1.29 is 18.1 Å². The molecule has 0 fully saturated rings. The van der Waals surface area contributed by atoms with Gasteiger partial charge in [-0.2, -0.15) is 0 Å². The molecule has 0 saturated carbocycles. The Morgan fingerprint density at radius 2 is 2.05 bits per heavy atom. The number of aryl methyl sites for hydroxylation is 1. The maximum absolute atomic E-state index is 12.0. The quantitative estimate of drug-likeness (QED) is 0.606. The average molecular weight is 301 g/mol. The zero-order valence-electron chi connectivity index (χ0n) is 11.1. The largest absolute Gasteiger partial charge is 0.368 e. The molecule has 0 saturated heterocycles. The molecule has 2 N–H and O–H groups in total. The van der Waals surface area contributed by atoms with E-state index in [1.807, 2.05) is 0 Å². The van der Waals surface area contributed by atoms with Crippen LogP contribution in [0.5, 0.6) is 0 Å². The van der Waals surface area contributed by atoms with Gasteiger partial charge >= 0.3 is 0 Å². The van der Waals surface area contributed by atoms with Crippen LogP contribution >= 0.6 is 0 Å². The van der Waals surface area contributed by atoms with Crippen LogP contribution in [0.4, 0.5) is 11.4 Å². The van der Waals surface area contributed by atoms with E-state index in [2.05, 4.69) is 0 Å². The number of hydrogen-bond donors (Lipinski definition) is 1. The van der Waals surface area contributed by atoms with Crippen LogP contribution in [0.3, 0.4) is 0 Å². The average Bonchev–Trinajstić information content (AvgIpc) is 2.35. The summed E-state index contributed by atoms with van der Waals surface area (Å²) in [5.41, 5.74) is 5.48. The number of non-ortho nitro benzene ring substituents is 1. The van der Waals surface area contributed by atoms with Gasteiger partial charge in [0.05, 0.1) is 16.4 Å². The second-order valence-corrected chi connectivity index (χ2v) is 6.28. The Labute approximate surface area is 116 Å². The highest BCUT2D eigenvalue weighted by Crippen LogP contribution is 2.26. The van der Waals surface area contributed by atoms with Crippen molar-refractivity contribution in [1.29, 1.82) is 0 Å². The zero-order valence-corrected chi connectivity index (χ0v) is 11.9. The lowest BCUT2D eigenvalue weighted by Gasteiger charge is -2.23. The second-order valence-electron chi connectivity index (χ2n) is 4.10. The summed E-state index contributed by atoms with van der Waals surface area (Å²) >= 11 is 0. The molecular weight excluding hydrogens is 286 g/mol. The molecule has 0 unspecified atom stereocenters. The third-order valence-corrected chi connectivity index (χ3v) is 4.39. The predicted octanol–water partition coefficient (Wildman–Crippen LogP) is 0.545. The van der Waals surface area contributed by atoms with Crippen molar-refractivity contribution in [3.8, 4) is 0 Å². The van der Waals surface area contributed by atoms with E-state index in [1.54, 1.807) is 0 Å². The summed E-state index contributed by atoms with van der Waals surface area (Å²) in [5, 5.41) is 10.7. The van der Waals surface area contributed by atoms with Crippen LogP contribution in [0.15, 0.2) is 18.2 Å². The van der Waals surface area contributed by atoms with E-state index in [0.29, 0.717) is 5.56 Å². The van der Waals surface area contributed by atoms with E-state index < -0.39 is 27.4 Å². The van der Waals surface area contributed by atoms with E-state index in [9.17, 15) is 23.3 Å². The molecule has 20 heavy (non-hydrogen) atoms. The minimum absolute atomic E-state index is 0.154. The summed E-state index contributed by atoms with van der Waals surface area (Å²) in [6.45, 7) is 2.46. The molecule has 110 valence electrons. The first kappa shape index (κ1) is 15.9. The van der Waals surface area contributed by atoms with Crippen molar-refractivity contribution in [1.82, 2.24) is 0 Å². The molecule has 0 aromatic heterocycles. The molecule has 1 aromatic carbocycles. The molecule has 8 nitrogen and oxygen atoms in total. The molecule has 0 atom stereocenters. The fourth-order valence-corrected chi connectivity index (χ4v) is 2.80. The van der Waals surface area contributed by atoms with E-state index in [4.69, 9.17) is 5.73 Å². The molecule has 1 amide bonds. The molecule has 1 aromatic rings. The van der Waals surface area contributed by atoms with Gasteiger partial charge in [0.1, 0.15) is 6.54 Å². The molecule has 1 rings (SSSR count). The Morgan fingerprint density at radius 3 is 2.45 bits per heavy atom. The standard InChI is InChI=1S/C11H15N3O5S/c1-3-20(18,19)13(7-11(12)15)10-5-4-9(14(16)17)6-8(10)2/h4-6H,3,7H2,1-2H3,(H2,12,15). The summed E-state index contributed by atoms with van der Waals surface area (Å²) in [7, 11) is -3.70. The van der Waals surface area contributed by atoms with Gasteiger partial charge in [-0.15, -0.1) is 0 Å². The lowest BCUT2D eigenvalue weighted by Crippen LogP contribution is -2.39. The van der Waals surface area contributed by atoms with Crippen LogP contribution in [0.25, 0.3) is 0 Å². The highest BCUT2D eigenvalue weighted by molar-refractivity contribution is 7.92. The molecule has 0 aliphatic carbocycles. The third kappa shape index (κ3) is 3.44. The van der Waals surface area contributed by atoms with Crippen molar-refractivity contribution in [2.24, 2.45) is 5.73 Å². The van der Waals surface area contributed by atoms with Crippen LogP contribution in [0.2, 0.25) is 0 Å². The fraction of sp³-hybridized carbons (Fsp3) is 0.364. The molecule has 0 heterocycles. The third-order valence-electron chi connectivity index (χ3n) is 2.66. The number of rotatable bonds is 6. The number of amides is 1. The number of nitrogens with two attached hydrogens (primary N) is 1. The summed E-state index contributed by atoms with van der Waals surface area (Å²) in [6.07, 6.45) is 0. The molecule has 0 spiro atoms. The molecule has 9 heteroatoms. The van der Waals surface area contributed by atoms with E-state index >= 15 is 0 Å². The number of sulfonamides is 1. The first-order valence-electron chi connectivity index (χ1n) is 5.72. The van der Waals surface area contributed by atoms with Crippen molar-refractivity contribution in [2.45, 2.75) is 13.8 Å². The second kappa shape index (κ2) is 5.87. The van der Waals surface area contributed by atoms with E-state index in [-0.39, 0.29) is 17.1 Å². The summed E-state index contributed by atoms with van der Waals surface area (Å²) in [6, 6.07) is 3.72. The van der Waals surface area contributed by atoms with Gasteiger partial charge < -0.3 is 5.73 Å². The van der Waals surface area contributed by atoms with Gasteiger partial charge in [0, 0.05) is 12.1 Å². The Bertz CT molecular complexity index is 641. The Kier molecular flexibility index (Phi) is 4.66. The SMILES string of the molecule is CCS(=O)(=O)N(CC(N)=O)c1ccc([N+](=O)[O-])cc1C. The van der Waals surface area contributed by atoms with Crippen LogP contribution in [-0.2, 0) is 14.8 Å². The normalized spacial score (nSPS) is 11.1. The monoisotopic (exact) mass is 301 g/mol. The lowest BCUT2D eigenvalue weighted by molar-refractivity contribution is -0.384. The fourth-order valence-electron chi connectivity index (χ4n) is 1.66. The van der Waals surface area contributed by atoms with Gasteiger partial charge in [-0.05, 0) is 25.5 Å². The van der Waals surface area contributed by atoms with Crippen molar-refractivity contribution in [3.63, 3.8) is 0 Å².